The van der Waals surface area contributed by atoms with Gasteiger partial charge >= 0.3 is 0 Å². The standard InChI is InChI=1S/C23H26N2O3/c1-16-11-20(27-2)5-4-18(16)14-25-10-8-23(22(26)15-25)28-21-6-3-17-7-9-24-13-19(17)12-21/h3-7,9,11-13,22-23,26H,8,10,14-15H2,1-2H3/t22-,23-/m1/s1. The number of piperidine rings is 1. The number of benzene rings is 2. The van der Waals surface area contributed by atoms with E-state index in [1.165, 1.54) is 11.1 Å². The summed E-state index contributed by atoms with van der Waals surface area (Å²) >= 11 is 0. The third-order valence-electron chi connectivity index (χ3n) is 5.45. The molecule has 2 atom stereocenters. The molecule has 1 aromatic heterocycles. The van der Waals surface area contributed by atoms with E-state index in [4.69, 9.17) is 9.47 Å². The number of aryl methyl sites for hydroxylation is 1. The van der Waals surface area contributed by atoms with Gasteiger partial charge in [-0.2, -0.15) is 0 Å². The van der Waals surface area contributed by atoms with E-state index in [1.54, 1.807) is 13.3 Å². The van der Waals surface area contributed by atoms with Crippen molar-refractivity contribution >= 4 is 10.8 Å². The normalized spacial score (nSPS) is 20.2. The van der Waals surface area contributed by atoms with Gasteiger partial charge in [0.05, 0.1) is 7.11 Å². The van der Waals surface area contributed by atoms with Crippen molar-refractivity contribution in [3.63, 3.8) is 0 Å². The molecule has 1 aliphatic rings. The number of aromatic nitrogens is 1. The molecule has 2 heterocycles. The van der Waals surface area contributed by atoms with E-state index < -0.39 is 6.10 Å². The minimum absolute atomic E-state index is 0.192. The first kappa shape index (κ1) is 18.7. The Hall–Kier alpha value is -2.63. The molecule has 1 fully saturated rings. The molecule has 0 saturated carbocycles. The quantitative estimate of drug-likeness (QED) is 0.736. The van der Waals surface area contributed by atoms with Crippen molar-refractivity contribution in [2.24, 2.45) is 0 Å². The van der Waals surface area contributed by atoms with Crippen molar-refractivity contribution < 1.29 is 14.6 Å². The largest absolute Gasteiger partial charge is 0.497 e. The number of aliphatic hydroxyl groups excluding tert-OH is 1. The van der Waals surface area contributed by atoms with Crippen molar-refractivity contribution in [2.75, 3.05) is 20.2 Å². The third kappa shape index (κ3) is 4.11. The topological polar surface area (TPSA) is 54.8 Å². The molecule has 4 rings (SSSR count). The van der Waals surface area contributed by atoms with Gasteiger partial charge in [-0.15, -0.1) is 0 Å². The lowest BCUT2D eigenvalue weighted by Crippen LogP contribution is -2.48. The van der Waals surface area contributed by atoms with Crippen LogP contribution in [0.3, 0.4) is 0 Å². The second-order valence-corrected chi connectivity index (χ2v) is 7.42. The first-order chi connectivity index (χ1) is 13.6. The highest BCUT2D eigenvalue weighted by molar-refractivity contribution is 5.82. The van der Waals surface area contributed by atoms with E-state index in [0.717, 1.165) is 41.8 Å². The number of ether oxygens (including phenoxy) is 2. The molecule has 5 heteroatoms. The molecule has 1 saturated heterocycles. The number of aliphatic hydroxyl groups is 1. The van der Waals surface area contributed by atoms with Gasteiger partial charge in [0.1, 0.15) is 23.7 Å². The van der Waals surface area contributed by atoms with Gasteiger partial charge in [0.25, 0.3) is 0 Å². The van der Waals surface area contributed by atoms with Crippen molar-refractivity contribution in [2.45, 2.75) is 32.1 Å². The van der Waals surface area contributed by atoms with Crippen LogP contribution < -0.4 is 9.47 Å². The van der Waals surface area contributed by atoms with E-state index in [1.807, 2.05) is 36.5 Å². The van der Waals surface area contributed by atoms with Crippen LogP contribution in [0, 0.1) is 6.92 Å². The molecule has 0 radical (unpaired) electrons. The van der Waals surface area contributed by atoms with Crippen LogP contribution in [0.5, 0.6) is 11.5 Å². The Balaban J connectivity index is 1.38. The maximum absolute atomic E-state index is 10.6. The molecule has 0 unspecified atom stereocenters. The minimum Gasteiger partial charge on any atom is -0.497 e. The number of hydrogen-bond donors (Lipinski definition) is 1. The molecule has 5 nitrogen and oxygen atoms in total. The summed E-state index contributed by atoms with van der Waals surface area (Å²) in [7, 11) is 1.68. The Labute approximate surface area is 165 Å². The molecule has 3 aromatic rings. The molecular formula is C23H26N2O3. The Bertz CT molecular complexity index is 959. The first-order valence-corrected chi connectivity index (χ1v) is 9.67. The fraction of sp³-hybridized carbons (Fsp3) is 0.348. The van der Waals surface area contributed by atoms with Crippen molar-refractivity contribution in [1.82, 2.24) is 9.88 Å². The number of nitrogens with zero attached hydrogens (tertiary/aromatic N) is 2. The Morgan fingerprint density at radius 2 is 1.96 bits per heavy atom. The zero-order valence-corrected chi connectivity index (χ0v) is 16.3. The summed E-state index contributed by atoms with van der Waals surface area (Å²) in [6, 6.07) is 14.1. The second-order valence-electron chi connectivity index (χ2n) is 7.42. The van der Waals surface area contributed by atoms with Gasteiger partial charge in [0, 0.05) is 37.4 Å². The van der Waals surface area contributed by atoms with E-state index in [9.17, 15) is 5.11 Å². The fourth-order valence-electron chi connectivity index (χ4n) is 3.78. The number of rotatable bonds is 5. The van der Waals surface area contributed by atoms with Crippen molar-refractivity contribution in [3.8, 4) is 11.5 Å². The molecule has 1 aliphatic heterocycles. The number of fused-ring (bicyclic) bond motifs is 1. The summed E-state index contributed by atoms with van der Waals surface area (Å²) in [5.41, 5.74) is 2.46. The predicted molar refractivity (Wildman–Crippen MR) is 110 cm³/mol. The minimum atomic E-state index is -0.517. The molecular weight excluding hydrogens is 352 g/mol. The zero-order chi connectivity index (χ0) is 19.5. The smallest absolute Gasteiger partial charge is 0.127 e. The molecule has 0 aliphatic carbocycles. The zero-order valence-electron chi connectivity index (χ0n) is 16.3. The number of hydrogen-bond acceptors (Lipinski definition) is 5. The summed E-state index contributed by atoms with van der Waals surface area (Å²) in [6.07, 6.45) is 3.70. The highest BCUT2D eigenvalue weighted by atomic mass is 16.5. The monoisotopic (exact) mass is 378 g/mol. The summed E-state index contributed by atoms with van der Waals surface area (Å²) in [5.74, 6) is 1.66. The third-order valence-corrected chi connectivity index (χ3v) is 5.45. The Morgan fingerprint density at radius 3 is 2.75 bits per heavy atom. The van der Waals surface area contributed by atoms with E-state index in [0.29, 0.717) is 6.54 Å². The lowest BCUT2D eigenvalue weighted by atomic mass is 10.0. The average Bonchev–Trinajstić information content (AvgIpc) is 2.71. The van der Waals surface area contributed by atoms with Gasteiger partial charge in [-0.1, -0.05) is 12.1 Å². The van der Waals surface area contributed by atoms with Crippen LogP contribution in [0.15, 0.2) is 54.9 Å². The highest BCUT2D eigenvalue weighted by Gasteiger charge is 2.29. The fourth-order valence-corrected chi connectivity index (χ4v) is 3.78. The summed E-state index contributed by atoms with van der Waals surface area (Å²) in [4.78, 5) is 6.45. The summed E-state index contributed by atoms with van der Waals surface area (Å²) < 4.78 is 11.4. The molecule has 0 spiro atoms. The maximum atomic E-state index is 10.6. The lowest BCUT2D eigenvalue weighted by Gasteiger charge is -2.36. The number of methoxy groups -OCH3 is 1. The van der Waals surface area contributed by atoms with Crippen LogP contribution in [-0.2, 0) is 6.54 Å². The maximum Gasteiger partial charge on any atom is 0.127 e. The van der Waals surface area contributed by atoms with Crippen LogP contribution in [-0.4, -0.2) is 47.4 Å². The van der Waals surface area contributed by atoms with Crippen molar-refractivity contribution in [1.29, 1.82) is 0 Å². The second kappa shape index (κ2) is 8.17. The Kier molecular flexibility index (Phi) is 5.46. The Morgan fingerprint density at radius 1 is 1.11 bits per heavy atom. The van der Waals surface area contributed by atoms with Crippen LogP contribution >= 0.6 is 0 Å². The van der Waals surface area contributed by atoms with Gasteiger partial charge in [-0.25, -0.2) is 0 Å². The highest BCUT2D eigenvalue weighted by Crippen LogP contribution is 2.25. The van der Waals surface area contributed by atoms with Gasteiger partial charge in [-0.05, 0) is 60.2 Å². The number of pyridine rings is 1. The average molecular weight is 378 g/mol. The van der Waals surface area contributed by atoms with Crippen LogP contribution in [0.4, 0.5) is 0 Å². The number of likely N-dealkylation sites (tertiary alicyclic amines) is 1. The SMILES string of the molecule is COc1ccc(CN2CC[C@@H](Oc3ccc4ccncc4c3)[C@H](O)C2)c(C)c1. The van der Waals surface area contributed by atoms with E-state index in [2.05, 4.69) is 28.9 Å². The molecule has 2 aromatic carbocycles. The van der Waals surface area contributed by atoms with E-state index in [-0.39, 0.29) is 6.10 Å². The van der Waals surface area contributed by atoms with Gasteiger partial charge in [0.15, 0.2) is 0 Å². The van der Waals surface area contributed by atoms with Gasteiger partial charge in [-0.3, -0.25) is 9.88 Å². The first-order valence-electron chi connectivity index (χ1n) is 9.67. The summed E-state index contributed by atoms with van der Waals surface area (Å²) in [5, 5.41) is 12.8. The van der Waals surface area contributed by atoms with Crippen LogP contribution in [0.1, 0.15) is 17.5 Å². The lowest BCUT2D eigenvalue weighted by molar-refractivity contribution is -0.0274. The number of β-amino-alcohol motifs (C(OH)–C–C–N with tert-alkyl or cyclic N) is 1. The molecule has 28 heavy (non-hydrogen) atoms. The van der Waals surface area contributed by atoms with Gasteiger partial charge in [0.2, 0.25) is 0 Å². The molecule has 0 amide bonds. The molecule has 146 valence electrons. The van der Waals surface area contributed by atoms with Crippen LogP contribution in [0.25, 0.3) is 10.8 Å². The predicted octanol–water partition coefficient (Wildman–Crippen LogP) is 3.57. The summed E-state index contributed by atoms with van der Waals surface area (Å²) in [6.45, 7) is 4.41. The molecule has 0 bridgehead atoms. The van der Waals surface area contributed by atoms with Crippen molar-refractivity contribution in [3.05, 3.63) is 66.0 Å². The van der Waals surface area contributed by atoms with E-state index >= 15 is 0 Å². The van der Waals surface area contributed by atoms with Gasteiger partial charge < -0.3 is 14.6 Å². The van der Waals surface area contributed by atoms with Crippen LogP contribution in [0.2, 0.25) is 0 Å². The molecule has 1 N–H and O–H groups in total.